The molecule has 0 aliphatic carbocycles. The lowest BCUT2D eigenvalue weighted by Crippen LogP contribution is -2.33. The summed E-state index contributed by atoms with van der Waals surface area (Å²) in [6.45, 7) is 3.26. The van der Waals surface area contributed by atoms with Crippen LogP contribution in [0, 0.1) is 0 Å². The van der Waals surface area contributed by atoms with Gasteiger partial charge in [0.15, 0.2) is 5.78 Å². The van der Waals surface area contributed by atoms with E-state index in [1.54, 1.807) is 24.3 Å². The minimum Gasteiger partial charge on any atom is -0.377 e. The fourth-order valence-corrected chi connectivity index (χ4v) is 2.17. The normalized spacial score (nSPS) is 17.1. The molecule has 5 nitrogen and oxygen atoms in total. The van der Waals surface area contributed by atoms with Crippen molar-refractivity contribution in [2.75, 3.05) is 25.0 Å². The highest BCUT2D eigenvalue weighted by atomic mass is 35.5. The van der Waals surface area contributed by atoms with Crippen LogP contribution in [-0.4, -0.2) is 37.5 Å². The van der Waals surface area contributed by atoms with Crippen LogP contribution < -0.4 is 10.6 Å². The molecule has 1 aliphatic heterocycles. The van der Waals surface area contributed by atoms with E-state index in [0.29, 0.717) is 17.8 Å². The Morgan fingerprint density at radius 2 is 2.19 bits per heavy atom. The fourth-order valence-electron chi connectivity index (χ4n) is 2.17. The van der Waals surface area contributed by atoms with Crippen LogP contribution in [0.25, 0.3) is 0 Å². The Kier molecular flexibility index (Phi) is 7.36. The molecule has 0 saturated carbocycles. The standard InChI is InChI=1S/C15H20N2O3.ClH/c1-11(18)12-4-2-5-13(8-12)17-15(19)10-16-9-14-6-3-7-20-14;/h2,4-5,8,14,16H,3,6-7,9-10H2,1H3,(H,17,19);1H. The van der Waals surface area contributed by atoms with Gasteiger partial charge >= 0.3 is 0 Å². The number of carbonyl (C=O) groups excluding carboxylic acids is 2. The summed E-state index contributed by atoms with van der Waals surface area (Å²) in [4.78, 5) is 23.0. The van der Waals surface area contributed by atoms with Crippen molar-refractivity contribution in [2.24, 2.45) is 0 Å². The zero-order chi connectivity index (χ0) is 14.4. The van der Waals surface area contributed by atoms with Crippen LogP contribution in [0.5, 0.6) is 0 Å². The van der Waals surface area contributed by atoms with Crippen molar-refractivity contribution < 1.29 is 14.3 Å². The van der Waals surface area contributed by atoms with Crippen LogP contribution in [0.4, 0.5) is 5.69 Å². The van der Waals surface area contributed by atoms with Gasteiger partial charge in [0.05, 0.1) is 12.6 Å². The van der Waals surface area contributed by atoms with Gasteiger partial charge in [0.2, 0.25) is 5.91 Å². The van der Waals surface area contributed by atoms with E-state index in [9.17, 15) is 9.59 Å². The minimum atomic E-state index is -0.122. The predicted molar refractivity (Wildman–Crippen MR) is 84.2 cm³/mol. The van der Waals surface area contributed by atoms with Crippen LogP contribution in [0.2, 0.25) is 0 Å². The largest absolute Gasteiger partial charge is 0.377 e. The maximum Gasteiger partial charge on any atom is 0.238 e. The number of hydrogen-bond donors (Lipinski definition) is 2. The number of ether oxygens (including phenoxy) is 1. The third-order valence-electron chi connectivity index (χ3n) is 3.23. The van der Waals surface area contributed by atoms with Crippen molar-refractivity contribution in [3.63, 3.8) is 0 Å². The van der Waals surface area contributed by atoms with Crippen LogP contribution in [0.15, 0.2) is 24.3 Å². The Labute approximate surface area is 130 Å². The molecular formula is C15H21ClN2O3. The van der Waals surface area contributed by atoms with Crippen molar-refractivity contribution in [1.82, 2.24) is 5.32 Å². The monoisotopic (exact) mass is 312 g/mol. The van der Waals surface area contributed by atoms with E-state index in [2.05, 4.69) is 10.6 Å². The van der Waals surface area contributed by atoms with Crippen molar-refractivity contribution in [3.05, 3.63) is 29.8 Å². The van der Waals surface area contributed by atoms with E-state index in [1.165, 1.54) is 6.92 Å². The average molecular weight is 313 g/mol. The van der Waals surface area contributed by atoms with Crippen LogP contribution in [0.3, 0.4) is 0 Å². The second-order valence-electron chi connectivity index (χ2n) is 4.95. The lowest BCUT2D eigenvalue weighted by atomic mass is 10.1. The number of amides is 1. The van der Waals surface area contributed by atoms with Crippen molar-refractivity contribution in [1.29, 1.82) is 0 Å². The first kappa shape index (κ1) is 17.6. The number of Topliss-reactive ketones (excluding diaryl/α,β-unsaturated/α-hetero) is 1. The third kappa shape index (κ3) is 5.83. The van der Waals surface area contributed by atoms with E-state index >= 15 is 0 Å². The highest BCUT2D eigenvalue weighted by Crippen LogP contribution is 2.11. The summed E-state index contributed by atoms with van der Waals surface area (Å²) < 4.78 is 5.46. The smallest absolute Gasteiger partial charge is 0.238 e. The van der Waals surface area contributed by atoms with E-state index < -0.39 is 0 Å². The third-order valence-corrected chi connectivity index (χ3v) is 3.23. The summed E-state index contributed by atoms with van der Waals surface area (Å²) in [5.74, 6) is -0.138. The lowest BCUT2D eigenvalue weighted by molar-refractivity contribution is -0.115. The Hall–Kier alpha value is -1.43. The Morgan fingerprint density at radius 3 is 2.86 bits per heavy atom. The van der Waals surface area contributed by atoms with E-state index in [1.807, 2.05) is 0 Å². The van der Waals surface area contributed by atoms with Gasteiger partial charge in [0.25, 0.3) is 0 Å². The van der Waals surface area contributed by atoms with Gasteiger partial charge in [0.1, 0.15) is 0 Å². The minimum absolute atomic E-state index is 0. The molecule has 6 heteroatoms. The zero-order valence-corrected chi connectivity index (χ0v) is 12.9. The van der Waals surface area contributed by atoms with E-state index in [0.717, 1.165) is 19.4 Å². The van der Waals surface area contributed by atoms with Crippen LogP contribution >= 0.6 is 12.4 Å². The van der Waals surface area contributed by atoms with Gasteiger partial charge < -0.3 is 15.4 Å². The SMILES string of the molecule is CC(=O)c1cccc(NC(=O)CNCC2CCCO2)c1.Cl. The first-order chi connectivity index (χ1) is 9.65. The molecule has 1 unspecified atom stereocenters. The predicted octanol–water partition coefficient (Wildman–Crippen LogP) is 2.02. The number of hydrogen-bond acceptors (Lipinski definition) is 4. The quantitative estimate of drug-likeness (QED) is 0.789. The molecule has 1 aromatic carbocycles. The molecular weight excluding hydrogens is 292 g/mol. The van der Waals surface area contributed by atoms with Gasteiger partial charge in [-0.1, -0.05) is 12.1 Å². The van der Waals surface area contributed by atoms with Crippen molar-refractivity contribution in [3.8, 4) is 0 Å². The number of anilines is 1. The van der Waals surface area contributed by atoms with Gasteiger partial charge in [-0.3, -0.25) is 9.59 Å². The molecule has 1 heterocycles. The fraction of sp³-hybridized carbons (Fsp3) is 0.467. The van der Waals surface area contributed by atoms with E-state index in [-0.39, 0.29) is 36.7 Å². The van der Waals surface area contributed by atoms with Crippen LogP contribution in [0.1, 0.15) is 30.1 Å². The Balaban J connectivity index is 0.00000220. The summed E-state index contributed by atoms with van der Waals surface area (Å²) in [5, 5.41) is 5.85. The molecule has 1 fully saturated rings. The molecule has 21 heavy (non-hydrogen) atoms. The molecule has 0 spiro atoms. The first-order valence-electron chi connectivity index (χ1n) is 6.88. The highest BCUT2D eigenvalue weighted by molar-refractivity contribution is 5.97. The van der Waals surface area contributed by atoms with Gasteiger partial charge in [-0.05, 0) is 31.9 Å². The number of carbonyl (C=O) groups is 2. The Bertz CT molecular complexity index is 488. The molecule has 2 N–H and O–H groups in total. The number of halogens is 1. The van der Waals surface area contributed by atoms with Gasteiger partial charge in [-0.25, -0.2) is 0 Å². The van der Waals surface area contributed by atoms with E-state index in [4.69, 9.17) is 4.74 Å². The molecule has 2 rings (SSSR count). The second-order valence-corrected chi connectivity index (χ2v) is 4.95. The molecule has 1 atom stereocenters. The topological polar surface area (TPSA) is 67.4 Å². The number of rotatable bonds is 6. The first-order valence-corrected chi connectivity index (χ1v) is 6.88. The average Bonchev–Trinajstić information content (AvgIpc) is 2.92. The maximum atomic E-state index is 11.8. The summed E-state index contributed by atoms with van der Waals surface area (Å²) >= 11 is 0. The van der Waals surface area contributed by atoms with Gasteiger partial charge in [0, 0.05) is 24.4 Å². The lowest BCUT2D eigenvalue weighted by Gasteiger charge is -2.11. The molecule has 0 radical (unpaired) electrons. The molecule has 0 bridgehead atoms. The number of nitrogens with one attached hydrogen (secondary N) is 2. The molecule has 1 saturated heterocycles. The summed E-state index contributed by atoms with van der Waals surface area (Å²) in [7, 11) is 0. The maximum absolute atomic E-state index is 11.8. The highest BCUT2D eigenvalue weighted by Gasteiger charge is 2.15. The van der Waals surface area contributed by atoms with Crippen molar-refractivity contribution in [2.45, 2.75) is 25.9 Å². The molecule has 1 aromatic rings. The summed E-state index contributed by atoms with van der Waals surface area (Å²) in [6, 6.07) is 6.94. The van der Waals surface area contributed by atoms with Crippen molar-refractivity contribution >= 4 is 29.8 Å². The number of ketones is 1. The van der Waals surface area contributed by atoms with Gasteiger partial charge in [-0.15, -0.1) is 12.4 Å². The zero-order valence-electron chi connectivity index (χ0n) is 12.1. The number of benzene rings is 1. The second kappa shape index (κ2) is 8.77. The Morgan fingerprint density at radius 1 is 1.38 bits per heavy atom. The molecule has 1 aliphatic rings. The van der Waals surface area contributed by atoms with Crippen LogP contribution in [-0.2, 0) is 9.53 Å². The molecule has 0 aromatic heterocycles. The molecule has 116 valence electrons. The summed E-state index contributed by atoms with van der Waals surface area (Å²) in [5.41, 5.74) is 1.23. The van der Waals surface area contributed by atoms with Gasteiger partial charge in [-0.2, -0.15) is 0 Å². The summed E-state index contributed by atoms with van der Waals surface area (Å²) in [6.07, 6.45) is 2.37. The molecule has 1 amide bonds.